The van der Waals surface area contributed by atoms with Gasteiger partial charge in [0.15, 0.2) is 5.01 Å². The van der Waals surface area contributed by atoms with E-state index in [1.54, 1.807) is 12.1 Å². The van der Waals surface area contributed by atoms with Crippen LogP contribution in [0.5, 0.6) is 0 Å². The minimum atomic E-state index is -0.611. The van der Waals surface area contributed by atoms with Gasteiger partial charge >= 0.3 is 0 Å². The molecular weight excluding hydrogens is 372 g/mol. The van der Waals surface area contributed by atoms with Crippen molar-refractivity contribution < 1.29 is 9.53 Å². The molecule has 1 atom stereocenters. The van der Waals surface area contributed by atoms with Crippen molar-refractivity contribution in [1.29, 1.82) is 0 Å². The van der Waals surface area contributed by atoms with Crippen LogP contribution in [0, 0.1) is 0 Å². The first kappa shape index (κ1) is 16.1. The lowest BCUT2D eigenvalue weighted by atomic mass is 10.1. The lowest BCUT2D eigenvalue weighted by Gasteiger charge is -2.10. The maximum atomic E-state index is 12.0. The summed E-state index contributed by atoms with van der Waals surface area (Å²) in [6.07, 6.45) is 0. The van der Waals surface area contributed by atoms with Gasteiger partial charge < -0.3 is 4.74 Å². The summed E-state index contributed by atoms with van der Waals surface area (Å²) >= 11 is 3.27. The third-order valence-corrected chi connectivity index (χ3v) is 3.18. The second-order valence-corrected chi connectivity index (χ2v) is 4.67. The van der Waals surface area contributed by atoms with E-state index in [9.17, 15) is 4.79 Å². The monoisotopic (exact) mass is 384 g/mol. The van der Waals surface area contributed by atoms with Crippen molar-refractivity contribution in [2.24, 2.45) is 0 Å². The van der Waals surface area contributed by atoms with Gasteiger partial charge in [-0.15, -0.1) is 17.0 Å². The average molecular weight is 386 g/mol. The Hall–Kier alpha value is -0.970. The number of carbonyl (C=O) groups excluding carboxylic acids is 1. The van der Waals surface area contributed by atoms with E-state index < -0.39 is 5.01 Å². The normalized spacial score (nSPS) is 11.4. The average Bonchev–Trinajstić information content (AvgIpc) is 2.46. The van der Waals surface area contributed by atoms with Crippen molar-refractivity contribution in [3.05, 3.63) is 71.8 Å². The zero-order valence-corrected chi connectivity index (χ0v) is 13.5. The summed E-state index contributed by atoms with van der Waals surface area (Å²) < 4.78 is 5.51. The second kappa shape index (κ2) is 8.25. The van der Waals surface area contributed by atoms with Gasteiger partial charge in [-0.05, 0) is 21.5 Å². The molecule has 2 aromatic rings. The fourth-order valence-electron chi connectivity index (χ4n) is 1.55. The van der Waals surface area contributed by atoms with Gasteiger partial charge in [0.2, 0.25) is 5.78 Å². The van der Waals surface area contributed by atoms with Crippen LogP contribution in [0.15, 0.2) is 60.7 Å². The number of Topliss-reactive ketones (excluding diaryl/α,β-unsaturated/α-hetero) is 1. The van der Waals surface area contributed by atoms with E-state index in [1.165, 1.54) is 0 Å². The van der Waals surface area contributed by atoms with Crippen LogP contribution in [-0.4, -0.2) is 10.8 Å². The van der Waals surface area contributed by atoms with Crippen molar-refractivity contribution in [3.63, 3.8) is 0 Å². The maximum absolute atomic E-state index is 12.0. The van der Waals surface area contributed by atoms with Crippen LogP contribution in [0.4, 0.5) is 0 Å². The van der Waals surface area contributed by atoms with Crippen molar-refractivity contribution in [2.45, 2.75) is 11.6 Å². The quantitative estimate of drug-likeness (QED) is 0.563. The highest BCUT2D eigenvalue weighted by molar-refractivity contribution is 9.09. The molecule has 0 aliphatic carbocycles. The van der Waals surface area contributed by atoms with Crippen LogP contribution in [0.25, 0.3) is 0 Å². The third-order valence-electron chi connectivity index (χ3n) is 2.50. The number of alkyl halides is 1. The molecule has 0 N–H and O–H groups in total. The van der Waals surface area contributed by atoms with Crippen molar-refractivity contribution in [1.82, 2.24) is 0 Å². The van der Waals surface area contributed by atoms with E-state index in [0.717, 1.165) is 5.56 Å². The van der Waals surface area contributed by atoms with Crippen molar-refractivity contribution in [3.8, 4) is 0 Å². The van der Waals surface area contributed by atoms with Crippen LogP contribution in [-0.2, 0) is 11.3 Å². The minimum Gasteiger partial charge on any atom is -0.354 e. The Kier molecular flexibility index (Phi) is 6.99. The first-order valence-electron chi connectivity index (χ1n) is 5.66. The molecule has 0 aliphatic rings. The molecule has 2 aromatic carbocycles. The fourth-order valence-corrected chi connectivity index (χ4v) is 1.95. The lowest BCUT2D eigenvalue weighted by Crippen LogP contribution is -2.17. The number of rotatable bonds is 5. The first-order chi connectivity index (χ1) is 8.77. The van der Waals surface area contributed by atoms with Crippen LogP contribution in [0.2, 0.25) is 0 Å². The number of hydrogen-bond acceptors (Lipinski definition) is 2. The molecule has 1 unspecified atom stereocenters. The Bertz CT molecular complexity index is 500. The summed E-state index contributed by atoms with van der Waals surface area (Å²) in [5.74, 6) is -0.0634. The van der Waals surface area contributed by atoms with Gasteiger partial charge in [-0.3, -0.25) is 4.79 Å². The molecule has 4 heteroatoms. The molecular formula is C15H14Br2O2. The molecule has 0 saturated heterocycles. The molecule has 2 nitrogen and oxygen atoms in total. The standard InChI is InChI=1S/C15H13BrO2.BrH/c16-15(14(17)13-9-5-2-6-10-13)18-11-12-7-3-1-4-8-12;/h1-10,15H,11H2;1H. The van der Waals surface area contributed by atoms with Crippen LogP contribution in [0.3, 0.4) is 0 Å². The number of ether oxygens (including phenoxy) is 1. The molecule has 0 heterocycles. The van der Waals surface area contributed by atoms with E-state index >= 15 is 0 Å². The number of ketones is 1. The van der Waals surface area contributed by atoms with Crippen molar-refractivity contribution >= 4 is 38.7 Å². The number of hydrogen-bond donors (Lipinski definition) is 0. The van der Waals surface area contributed by atoms with Crippen molar-refractivity contribution in [2.75, 3.05) is 0 Å². The molecule has 100 valence electrons. The van der Waals surface area contributed by atoms with Crippen LogP contribution in [0.1, 0.15) is 15.9 Å². The van der Waals surface area contributed by atoms with Crippen LogP contribution < -0.4 is 0 Å². The highest BCUT2D eigenvalue weighted by atomic mass is 79.9. The van der Waals surface area contributed by atoms with Gasteiger partial charge in [0, 0.05) is 5.56 Å². The minimum absolute atomic E-state index is 0. The summed E-state index contributed by atoms with van der Waals surface area (Å²) in [6, 6.07) is 18.9. The van der Waals surface area contributed by atoms with Gasteiger partial charge in [-0.2, -0.15) is 0 Å². The Morgan fingerprint density at radius 1 is 1.00 bits per heavy atom. The molecule has 19 heavy (non-hydrogen) atoms. The second-order valence-electron chi connectivity index (χ2n) is 3.84. The Labute approximate surface area is 131 Å². The lowest BCUT2D eigenvalue weighted by molar-refractivity contribution is 0.0652. The highest BCUT2D eigenvalue weighted by Gasteiger charge is 2.16. The molecule has 0 spiro atoms. The molecule has 0 bridgehead atoms. The molecule has 0 radical (unpaired) electrons. The summed E-state index contributed by atoms with van der Waals surface area (Å²) in [4.78, 5) is 12.0. The summed E-state index contributed by atoms with van der Waals surface area (Å²) in [5, 5.41) is -0.611. The van der Waals surface area contributed by atoms with Gasteiger partial charge in [-0.25, -0.2) is 0 Å². The SMILES string of the molecule is Br.O=C(c1ccccc1)C(Br)OCc1ccccc1. The predicted molar refractivity (Wildman–Crippen MR) is 85.0 cm³/mol. The first-order valence-corrected chi connectivity index (χ1v) is 6.58. The molecule has 0 fully saturated rings. The molecule has 0 aromatic heterocycles. The van der Waals surface area contributed by atoms with Gasteiger partial charge in [0.05, 0.1) is 6.61 Å². The number of carbonyl (C=O) groups is 1. The molecule has 0 aliphatic heterocycles. The molecule has 2 rings (SSSR count). The topological polar surface area (TPSA) is 26.3 Å². The zero-order chi connectivity index (χ0) is 12.8. The predicted octanol–water partition coefficient (Wildman–Crippen LogP) is 4.39. The summed E-state index contributed by atoms with van der Waals surface area (Å²) in [6.45, 7) is 0.412. The zero-order valence-electron chi connectivity index (χ0n) is 10.2. The molecule has 0 saturated carbocycles. The van der Waals surface area contributed by atoms with Crippen LogP contribution >= 0.6 is 32.9 Å². The van der Waals surface area contributed by atoms with Gasteiger partial charge in [0.1, 0.15) is 0 Å². The van der Waals surface area contributed by atoms with E-state index in [0.29, 0.717) is 12.2 Å². The number of halogens is 2. The maximum Gasteiger partial charge on any atom is 0.202 e. The Morgan fingerprint density at radius 3 is 2.11 bits per heavy atom. The third kappa shape index (κ3) is 4.90. The number of benzene rings is 2. The molecule has 0 amide bonds. The largest absolute Gasteiger partial charge is 0.354 e. The Balaban J connectivity index is 0.00000180. The smallest absolute Gasteiger partial charge is 0.202 e. The van der Waals surface area contributed by atoms with Gasteiger partial charge in [0.25, 0.3) is 0 Å². The van der Waals surface area contributed by atoms with Gasteiger partial charge in [-0.1, -0.05) is 60.7 Å². The van der Waals surface area contributed by atoms with E-state index in [4.69, 9.17) is 4.74 Å². The van der Waals surface area contributed by atoms with E-state index in [2.05, 4.69) is 15.9 Å². The fraction of sp³-hybridized carbons (Fsp3) is 0.133. The highest BCUT2D eigenvalue weighted by Crippen LogP contribution is 2.13. The summed E-state index contributed by atoms with van der Waals surface area (Å²) in [5.41, 5.74) is 1.69. The Morgan fingerprint density at radius 2 is 1.53 bits per heavy atom. The summed E-state index contributed by atoms with van der Waals surface area (Å²) in [7, 11) is 0. The van der Waals surface area contributed by atoms with E-state index in [-0.39, 0.29) is 22.8 Å². The van der Waals surface area contributed by atoms with E-state index in [1.807, 2.05) is 48.5 Å².